The Morgan fingerprint density at radius 1 is 0.587 bits per heavy atom. The summed E-state index contributed by atoms with van der Waals surface area (Å²) in [5.41, 5.74) is 11.8. The van der Waals surface area contributed by atoms with Crippen molar-refractivity contribution in [1.82, 2.24) is 47.7 Å². The maximum Gasteiger partial charge on any atom is 0.155 e. The highest BCUT2D eigenvalue weighted by atomic mass is 35.5. The molecular formula is C51H64ClN11. The SMILES string of the molecule is CC(C)C1=CC2N=CN(C)C2C=C1.CC(C)c1ccn2c(Cl)cnc2c1.CC(C)c1ccn2ccnc2c1.CC(C)c1ccn2ncnc2c1.Cc1cnc2cc(C(C)C)ccn12. The van der Waals surface area contributed by atoms with Gasteiger partial charge in [0.05, 0.1) is 24.6 Å². The number of aromatic nitrogens is 9. The van der Waals surface area contributed by atoms with Crippen molar-refractivity contribution < 1.29 is 0 Å². The molecule has 0 amide bonds. The highest BCUT2D eigenvalue weighted by molar-refractivity contribution is 6.29. The molecule has 10 rings (SSSR count). The van der Waals surface area contributed by atoms with Gasteiger partial charge < -0.3 is 13.7 Å². The van der Waals surface area contributed by atoms with Crippen LogP contribution >= 0.6 is 11.6 Å². The van der Waals surface area contributed by atoms with E-state index in [1.165, 1.54) is 33.5 Å². The zero-order chi connectivity index (χ0) is 45.4. The second-order valence-corrected chi connectivity index (χ2v) is 18.1. The number of likely N-dealkylation sites (N-methyl/N-ethyl adjacent to an activating group) is 1. The number of hydrogen-bond acceptors (Lipinski definition) is 7. The van der Waals surface area contributed by atoms with Gasteiger partial charge >= 0.3 is 0 Å². The van der Waals surface area contributed by atoms with Crippen LogP contribution < -0.4 is 0 Å². The lowest BCUT2D eigenvalue weighted by Gasteiger charge is -2.24. The molecule has 8 aromatic rings. The normalized spacial score (nSPS) is 15.4. The van der Waals surface area contributed by atoms with E-state index in [-0.39, 0.29) is 0 Å². The summed E-state index contributed by atoms with van der Waals surface area (Å²) in [6, 6.07) is 17.7. The number of aryl methyl sites for hydroxylation is 1. The predicted octanol–water partition coefficient (Wildman–Crippen LogP) is 12.0. The minimum absolute atomic E-state index is 0.354. The minimum atomic E-state index is 0.354. The number of fused-ring (bicyclic) bond motifs is 5. The third kappa shape index (κ3) is 11.7. The van der Waals surface area contributed by atoms with Gasteiger partial charge in [0, 0.05) is 56.1 Å². The van der Waals surface area contributed by atoms with Crippen LogP contribution in [-0.4, -0.2) is 73.1 Å². The van der Waals surface area contributed by atoms with Gasteiger partial charge in [-0.3, -0.25) is 9.39 Å². The molecule has 0 saturated carbocycles. The van der Waals surface area contributed by atoms with Crippen LogP contribution in [0, 0.1) is 12.8 Å². The van der Waals surface area contributed by atoms with E-state index in [0.29, 0.717) is 46.8 Å². The number of pyridine rings is 4. The maximum absolute atomic E-state index is 5.90. The molecule has 0 spiro atoms. The molecular weight excluding hydrogens is 802 g/mol. The first-order valence-corrected chi connectivity index (χ1v) is 22.4. The van der Waals surface area contributed by atoms with Crippen LogP contribution in [0.3, 0.4) is 0 Å². The number of nitrogens with zero attached hydrogens (tertiary/aromatic N) is 11. The lowest BCUT2D eigenvalue weighted by atomic mass is 9.92. The molecule has 11 nitrogen and oxygen atoms in total. The van der Waals surface area contributed by atoms with Crippen molar-refractivity contribution in [2.45, 2.75) is 112 Å². The van der Waals surface area contributed by atoms with Crippen molar-refractivity contribution >= 4 is 40.5 Å². The second kappa shape index (κ2) is 20.9. The summed E-state index contributed by atoms with van der Waals surface area (Å²) in [6.07, 6.45) is 25.7. The number of halogens is 1. The third-order valence-corrected chi connectivity index (χ3v) is 11.6. The predicted molar refractivity (Wildman–Crippen MR) is 261 cm³/mol. The Balaban J connectivity index is 0.000000131. The molecule has 0 fully saturated rings. The van der Waals surface area contributed by atoms with E-state index >= 15 is 0 Å². The summed E-state index contributed by atoms with van der Waals surface area (Å²) in [5, 5.41) is 4.68. The lowest BCUT2D eigenvalue weighted by molar-refractivity contribution is 0.441. The smallest absolute Gasteiger partial charge is 0.155 e. The lowest BCUT2D eigenvalue weighted by Crippen LogP contribution is -2.32. The second-order valence-electron chi connectivity index (χ2n) is 17.7. The monoisotopic (exact) mass is 866 g/mol. The average molecular weight is 867 g/mol. The van der Waals surface area contributed by atoms with E-state index in [2.05, 4.69) is 202 Å². The fourth-order valence-electron chi connectivity index (χ4n) is 7.11. The van der Waals surface area contributed by atoms with Crippen LogP contribution in [0.15, 0.2) is 133 Å². The Bertz CT molecular complexity index is 2650. The summed E-state index contributed by atoms with van der Waals surface area (Å²) >= 11 is 5.90. The summed E-state index contributed by atoms with van der Waals surface area (Å²) in [7, 11) is 2.08. The zero-order valence-electron chi connectivity index (χ0n) is 39.0. The number of allylic oxidation sites excluding steroid dienone is 2. The summed E-state index contributed by atoms with van der Waals surface area (Å²) in [4.78, 5) is 23.5. The van der Waals surface area contributed by atoms with Crippen molar-refractivity contribution in [3.05, 3.63) is 161 Å². The zero-order valence-corrected chi connectivity index (χ0v) is 39.7. The summed E-state index contributed by atoms with van der Waals surface area (Å²) < 4.78 is 7.76. The Morgan fingerprint density at radius 2 is 1.14 bits per heavy atom. The van der Waals surface area contributed by atoms with Gasteiger partial charge in [0.2, 0.25) is 0 Å². The largest absolute Gasteiger partial charge is 0.357 e. The molecule has 8 aromatic heterocycles. The third-order valence-electron chi connectivity index (χ3n) is 11.4. The van der Waals surface area contributed by atoms with Crippen LogP contribution in [0.4, 0.5) is 0 Å². The van der Waals surface area contributed by atoms with Gasteiger partial charge in [0.25, 0.3) is 0 Å². The molecule has 2 atom stereocenters. The highest BCUT2D eigenvalue weighted by Gasteiger charge is 2.27. The fourth-order valence-corrected chi connectivity index (χ4v) is 7.30. The van der Waals surface area contributed by atoms with Gasteiger partial charge in [0.15, 0.2) is 5.65 Å². The first-order valence-electron chi connectivity index (χ1n) is 22.0. The standard InChI is InChI=1S/C11H16N2.C11H14N2.C10H11ClN2.C10H12N2.C9H11N3/c1-8(2)9-4-5-11-10(6-9)12-7-13(11)3;1-8(2)10-4-5-13-9(3)7-12-11(13)6-10;1-7(2)8-3-4-13-9(11)6-12-10(13)5-8;1-8(2)9-3-5-12-6-4-11-10(12)7-9;1-7(2)8-3-4-12-9(5-8)10-6-11-12/h4-8,10-11H,1-3H3;4-8H,1-3H3;3-7H,1-2H3;3-8H,1-2H3;3-7H,1-2H3. The number of imidazole rings is 3. The van der Waals surface area contributed by atoms with Crippen LogP contribution in [-0.2, 0) is 0 Å². The Hall–Kier alpha value is -6.07. The van der Waals surface area contributed by atoms with Gasteiger partial charge in [-0.25, -0.2) is 24.5 Å². The number of aliphatic imine (C=N–C) groups is 1. The first-order chi connectivity index (χ1) is 30.1. The van der Waals surface area contributed by atoms with Crippen molar-refractivity contribution in [1.29, 1.82) is 0 Å². The van der Waals surface area contributed by atoms with Crippen molar-refractivity contribution in [2.75, 3.05) is 7.05 Å². The van der Waals surface area contributed by atoms with Gasteiger partial charge in [0.1, 0.15) is 28.4 Å². The van der Waals surface area contributed by atoms with Crippen molar-refractivity contribution in [2.24, 2.45) is 10.9 Å². The molecule has 330 valence electrons. The highest BCUT2D eigenvalue weighted by Crippen LogP contribution is 2.25. The van der Waals surface area contributed by atoms with Crippen molar-refractivity contribution in [3.8, 4) is 0 Å². The van der Waals surface area contributed by atoms with Gasteiger partial charge in [-0.1, -0.05) is 99.1 Å². The van der Waals surface area contributed by atoms with E-state index in [1.54, 1.807) is 17.0 Å². The van der Waals surface area contributed by atoms with Gasteiger partial charge in [-0.15, -0.1) is 0 Å². The maximum atomic E-state index is 5.90. The number of rotatable bonds is 5. The molecule has 1 aliphatic carbocycles. The molecule has 2 unspecified atom stereocenters. The van der Waals surface area contributed by atoms with Crippen LogP contribution in [0.5, 0.6) is 0 Å². The van der Waals surface area contributed by atoms with E-state index in [1.807, 2.05) is 46.1 Å². The molecule has 0 radical (unpaired) electrons. The summed E-state index contributed by atoms with van der Waals surface area (Å²) in [5.74, 6) is 2.83. The topological polar surface area (TPSA) is 97.7 Å². The van der Waals surface area contributed by atoms with Crippen LogP contribution in [0.2, 0.25) is 5.15 Å². The van der Waals surface area contributed by atoms with Crippen LogP contribution in [0.1, 0.15) is 121 Å². The molecule has 0 N–H and O–H groups in total. The average Bonchev–Trinajstić information content (AvgIpc) is 4.13. The van der Waals surface area contributed by atoms with Crippen molar-refractivity contribution in [3.63, 3.8) is 0 Å². The summed E-state index contributed by atoms with van der Waals surface area (Å²) in [6.45, 7) is 23.9. The molecule has 0 bridgehead atoms. The molecule has 1 aliphatic heterocycles. The Kier molecular flexibility index (Phi) is 15.4. The fraction of sp³-hybridized carbons (Fsp3) is 0.373. The molecule has 9 heterocycles. The molecule has 2 aliphatic rings. The van der Waals surface area contributed by atoms with Crippen LogP contribution in [0.25, 0.3) is 22.6 Å². The van der Waals surface area contributed by atoms with E-state index in [9.17, 15) is 0 Å². The quantitative estimate of drug-likeness (QED) is 0.171. The van der Waals surface area contributed by atoms with Gasteiger partial charge in [-0.2, -0.15) is 5.10 Å². The first kappa shape index (κ1) is 46.4. The minimum Gasteiger partial charge on any atom is -0.357 e. The molecule has 0 saturated heterocycles. The van der Waals surface area contributed by atoms with Gasteiger partial charge in [-0.05, 0) is 113 Å². The molecule has 63 heavy (non-hydrogen) atoms. The Labute approximate surface area is 377 Å². The van der Waals surface area contributed by atoms with E-state index < -0.39 is 0 Å². The number of hydrogen-bond donors (Lipinski definition) is 0. The molecule has 12 heteroatoms. The Morgan fingerprint density at radius 3 is 1.78 bits per heavy atom. The van der Waals surface area contributed by atoms with E-state index in [4.69, 9.17) is 11.6 Å². The molecule has 0 aromatic carbocycles. The van der Waals surface area contributed by atoms with E-state index in [0.717, 1.165) is 22.6 Å².